The number of nitrogen functional groups attached to an aromatic ring is 1. The van der Waals surface area contributed by atoms with Crippen molar-refractivity contribution in [2.45, 2.75) is 44.8 Å². The average molecular weight is 381 g/mol. The lowest BCUT2D eigenvalue weighted by atomic mass is 9.93. The lowest BCUT2D eigenvalue weighted by molar-refractivity contribution is 0.111. The predicted octanol–water partition coefficient (Wildman–Crippen LogP) is 4.82. The molecule has 0 bridgehead atoms. The minimum Gasteiger partial charge on any atom is -0.396 e. The first-order chi connectivity index (χ1) is 13.4. The van der Waals surface area contributed by atoms with Crippen LogP contribution in [0.3, 0.4) is 0 Å². The van der Waals surface area contributed by atoms with Crippen molar-refractivity contribution in [3.8, 4) is 17.2 Å². The number of fused-ring (bicyclic) bond motifs is 1. The van der Waals surface area contributed by atoms with Crippen LogP contribution >= 0.6 is 0 Å². The highest BCUT2D eigenvalue weighted by atomic mass is 19.1. The molecule has 2 aromatic carbocycles. The Kier molecular flexibility index (Phi) is 4.56. The maximum Gasteiger partial charge on any atom is 0.156 e. The van der Waals surface area contributed by atoms with Crippen LogP contribution in [-0.4, -0.2) is 15.8 Å². The van der Waals surface area contributed by atoms with Gasteiger partial charge in [-0.2, -0.15) is 5.26 Å². The average Bonchev–Trinajstić information content (AvgIpc) is 3.03. The summed E-state index contributed by atoms with van der Waals surface area (Å²) in [6.45, 7) is 1.85. The third-order valence-electron chi connectivity index (χ3n) is 5.75. The summed E-state index contributed by atoms with van der Waals surface area (Å²) >= 11 is 0. The van der Waals surface area contributed by atoms with Crippen LogP contribution < -0.4 is 5.73 Å². The highest BCUT2D eigenvalue weighted by Crippen LogP contribution is 2.40. The SMILES string of the molecule is Cc1cc2c(cc1C#N)c(-c1c(F)ccc(N)c1F)cn2[C@H]1CC[C@@H](O)CC1. The van der Waals surface area contributed by atoms with Crippen LogP contribution in [0.15, 0.2) is 30.5 Å². The first-order valence-corrected chi connectivity index (χ1v) is 9.38. The number of aliphatic hydroxyl groups is 1. The lowest BCUT2D eigenvalue weighted by Gasteiger charge is -2.27. The molecule has 28 heavy (non-hydrogen) atoms. The van der Waals surface area contributed by atoms with E-state index < -0.39 is 11.6 Å². The molecule has 1 fully saturated rings. The molecule has 1 heterocycles. The van der Waals surface area contributed by atoms with E-state index in [0.29, 0.717) is 29.4 Å². The zero-order valence-electron chi connectivity index (χ0n) is 15.5. The van der Waals surface area contributed by atoms with Gasteiger partial charge in [-0.25, -0.2) is 8.78 Å². The number of hydrogen-bond donors (Lipinski definition) is 2. The molecule has 1 aliphatic carbocycles. The molecule has 0 radical (unpaired) electrons. The smallest absolute Gasteiger partial charge is 0.156 e. The fourth-order valence-electron chi connectivity index (χ4n) is 4.17. The number of anilines is 1. The van der Waals surface area contributed by atoms with E-state index in [9.17, 15) is 19.1 Å². The molecular weight excluding hydrogens is 360 g/mol. The zero-order chi connectivity index (χ0) is 20.0. The Hall–Kier alpha value is -2.91. The molecule has 4 nitrogen and oxygen atoms in total. The number of nitrogens with two attached hydrogens (primary N) is 1. The molecule has 144 valence electrons. The van der Waals surface area contributed by atoms with Gasteiger partial charge in [-0.1, -0.05) is 0 Å². The maximum atomic E-state index is 14.8. The van der Waals surface area contributed by atoms with Crippen LogP contribution in [0.2, 0.25) is 0 Å². The number of hydrogen-bond acceptors (Lipinski definition) is 3. The largest absolute Gasteiger partial charge is 0.396 e. The van der Waals surface area contributed by atoms with Crippen molar-refractivity contribution in [3.63, 3.8) is 0 Å². The molecule has 4 rings (SSSR count). The molecule has 3 N–H and O–H groups in total. The van der Waals surface area contributed by atoms with E-state index in [1.807, 2.05) is 17.6 Å². The van der Waals surface area contributed by atoms with Crippen LogP contribution in [0.5, 0.6) is 0 Å². The molecule has 0 atom stereocenters. The van der Waals surface area contributed by atoms with Crippen LogP contribution in [0.4, 0.5) is 14.5 Å². The van der Waals surface area contributed by atoms with E-state index in [1.165, 1.54) is 6.07 Å². The van der Waals surface area contributed by atoms with E-state index >= 15 is 0 Å². The van der Waals surface area contributed by atoms with Crippen molar-refractivity contribution in [2.24, 2.45) is 0 Å². The van der Waals surface area contributed by atoms with Crippen molar-refractivity contribution in [2.75, 3.05) is 5.73 Å². The van der Waals surface area contributed by atoms with Crippen molar-refractivity contribution >= 4 is 16.6 Å². The van der Waals surface area contributed by atoms with E-state index in [2.05, 4.69) is 6.07 Å². The van der Waals surface area contributed by atoms with Crippen LogP contribution in [0, 0.1) is 29.9 Å². The first-order valence-electron chi connectivity index (χ1n) is 9.38. The second-order valence-electron chi connectivity index (χ2n) is 7.53. The van der Waals surface area contributed by atoms with Crippen LogP contribution in [0.25, 0.3) is 22.0 Å². The molecule has 0 amide bonds. The van der Waals surface area contributed by atoms with Gasteiger partial charge in [0.15, 0.2) is 5.82 Å². The Bertz CT molecular complexity index is 1110. The fourth-order valence-corrected chi connectivity index (χ4v) is 4.17. The van der Waals surface area contributed by atoms with Gasteiger partial charge in [-0.3, -0.25) is 0 Å². The van der Waals surface area contributed by atoms with Gasteiger partial charge in [0.2, 0.25) is 0 Å². The number of nitriles is 1. The van der Waals surface area contributed by atoms with E-state index in [4.69, 9.17) is 5.73 Å². The highest BCUT2D eigenvalue weighted by molar-refractivity contribution is 5.98. The number of halogens is 2. The number of nitrogens with zero attached hydrogens (tertiary/aromatic N) is 2. The molecule has 6 heteroatoms. The minimum absolute atomic E-state index is 0.120. The van der Waals surface area contributed by atoms with Gasteiger partial charge < -0.3 is 15.4 Å². The number of aliphatic hydroxyl groups excluding tert-OH is 1. The van der Waals surface area contributed by atoms with E-state index in [1.54, 1.807) is 12.3 Å². The second-order valence-corrected chi connectivity index (χ2v) is 7.53. The normalized spacial score (nSPS) is 19.7. The highest BCUT2D eigenvalue weighted by Gasteiger charge is 2.26. The Morgan fingerprint density at radius 2 is 1.89 bits per heavy atom. The molecule has 0 spiro atoms. The monoisotopic (exact) mass is 381 g/mol. The number of aryl methyl sites for hydroxylation is 1. The molecule has 0 unspecified atom stereocenters. The maximum absolute atomic E-state index is 14.8. The quantitative estimate of drug-likeness (QED) is 0.625. The summed E-state index contributed by atoms with van der Waals surface area (Å²) in [4.78, 5) is 0. The summed E-state index contributed by atoms with van der Waals surface area (Å²) in [5.41, 5.74) is 7.89. The van der Waals surface area contributed by atoms with Gasteiger partial charge >= 0.3 is 0 Å². The third-order valence-corrected chi connectivity index (χ3v) is 5.75. The number of rotatable bonds is 2. The second kappa shape index (κ2) is 6.92. The third kappa shape index (κ3) is 2.92. The van der Waals surface area contributed by atoms with Crippen molar-refractivity contribution in [1.29, 1.82) is 5.26 Å². The van der Waals surface area contributed by atoms with Crippen LogP contribution in [0.1, 0.15) is 42.9 Å². The topological polar surface area (TPSA) is 75.0 Å². The molecule has 1 saturated carbocycles. The summed E-state index contributed by atoms with van der Waals surface area (Å²) in [5.74, 6) is -1.49. The summed E-state index contributed by atoms with van der Waals surface area (Å²) < 4.78 is 31.4. The van der Waals surface area contributed by atoms with Gasteiger partial charge in [-0.15, -0.1) is 0 Å². The Balaban J connectivity index is 1.99. The van der Waals surface area contributed by atoms with Crippen molar-refractivity contribution in [1.82, 2.24) is 4.57 Å². The summed E-state index contributed by atoms with van der Waals surface area (Å²) in [5, 5.41) is 19.9. The molecule has 1 aliphatic rings. The Morgan fingerprint density at radius 3 is 2.57 bits per heavy atom. The van der Waals surface area contributed by atoms with E-state index in [0.717, 1.165) is 30.0 Å². The zero-order valence-corrected chi connectivity index (χ0v) is 15.5. The first kappa shape index (κ1) is 18.5. The predicted molar refractivity (Wildman–Crippen MR) is 105 cm³/mol. The van der Waals surface area contributed by atoms with Crippen molar-refractivity contribution in [3.05, 3.63) is 53.2 Å². The standard InChI is InChI=1S/C22H21F2N3O/c1-12-8-20-16(9-13(12)10-25)17(21-18(23)6-7-19(26)22(21)24)11-27(20)14-2-4-15(28)5-3-14/h6-9,11,14-15,28H,2-5,26H2,1H3/t14-,15+. The Morgan fingerprint density at radius 1 is 1.18 bits per heavy atom. The molecule has 3 aromatic rings. The van der Waals surface area contributed by atoms with Gasteiger partial charge in [0.05, 0.1) is 29.0 Å². The fraction of sp³-hybridized carbons (Fsp3) is 0.318. The van der Waals surface area contributed by atoms with Gasteiger partial charge in [0.1, 0.15) is 5.82 Å². The van der Waals surface area contributed by atoms with Crippen LogP contribution in [-0.2, 0) is 0 Å². The van der Waals surface area contributed by atoms with Gasteiger partial charge in [-0.05, 0) is 62.4 Å². The summed E-state index contributed by atoms with van der Waals surface area (Å²) in [6, 6.07) is 8.22. The number of aromatic nitrogens is 1. The molecule has 0 saturated heterocycles. The van der Waals surface area contributed by atoms with Gasteiger partial charge in [0.25, 0.3) is 0 Å². The van der Waals surface area contributed by atoms with Crippen molar-refractivity contribution < 1.29 is 13.9 Å². The summed E-state index contributed by atoms with van der Waals surface area (Å²) in [7, 11) is 0. The van der Waals surface area contributed by atoms with Gasteiger partial charge in [0, 0.05) is 28.7 Å². The molecular formula is C22H21F2N3O. The summed E-state index contributed by atoms with van der Waals surface area (Å²) in [6.07, 6.45) is 4.41. The molecule has 0 aliphatic heterocycles. The minimum atomic E-state index is -0.794. The number of benzene rings is 2. The lowest BCUT2D eigenvalue weighted by Crippen LogP contribution is -2.20. The molecule has 1 aromatic heterocycles. The Labute approximate surface area is 161 Å². The van der Waals surface area contributed by atoms with E-state index in [-0.39, 0.29) is 23.4 Å².